The minimum Gasteiger partial charge on any atom is -0.379 e. The summed E-state index contributed by atoms with van der Waals surface area (Å²) in [6, 6.07) is 21.0. The Labute approximate surface area is 318 Å². The summed E-state index contributed by atoms with van der Waals surface area (Å²) in [5.74, 6) is 0. The summed E-state index contributed by atoms with van der Waals surface area (Å²) in [5, 5.41) is 0. The minimum atomic E-state index is -0.270. The van der Waals surface area contributed by atoms with Gasteiger partial charge in [0.05, 0.1) is 52.9 Å². The molecule has 0 spiro atoms. The molecule has 0 saturated carbocycles. The third kappa shape index (κ3) is 9.96. The van der Waals surface area contributed by atoms with Crippen LogP contribution in [0.15, 0.2) is 54.6 Å². The van der Waals surface area contributed by atoms with E-state index >= 15 is 0 Å². The highest BCUT2D eigenvalue weighted by Crippen LogP contribution is 2.59. The molecule has 292 valence electrons. The van der Waals surface area contributed by atoms with Gasteiger partial charge >= 0.3 is 0 Å². The van der Waals surface area contributed by atoms with Crippen molar-refractivity contribution in [1.82, 2.24) is 0 Å². The van der Waals surface area contributed by atoms with Crippen LogP contribution in [0.1, 0.15) is 81.2 Å². The lowest BCUT2D eigenvalue weighted by atomic mass is 9.70. The first kappa shape index (κ1) is 41.5. The van der Waals surface area contributed by atoms with Gasteiger partial charge in [0.15, 0.2) is 0 Å². The lowest BCUT2D eigenvalue weighted by Gasteiger charge is -2.34. The van der Waals surface area contributed by atoms with Gasteiger partial charge in [-0.15, -0.1) is 0 Å². The fraction of sp³-hybridized carbons (Fsp3) is 0.600. The van der Waals surface area contributed by atoms with E-state index in [0.717, 1.165) is 25.7 Å². The maximum atomic E-state index is 6.25. The summed E-state index contributed by atoms with van der Waals surface area (Å²) >= 11 is 0. The molecule has 2 aliphatic rings. The number of hydrogen-bond donors (Lipinski definition) is 0. The smallest absolute Gasteiger partial charge is 0.0700 e. The number of rotatable bonds is 28. The van der Waals surface area contributed by atoms with E-state index in [1.165, 1.54) is 50.1 Å². The Hall–Kier alpha value is -2.66. The first-order valence-corrected chi connectivity index (χ1v) is 20.1. The van der Waals surface area contributed by atoms with Gasteiger partial charge in [-0.3, -0.25) is 0 Å². The highest BCUT2D eigenvalue weighted by molar-refractivity contribution is 5.90. The summed E-state index contributed by atoms with van der Waals surface area (Å²) in [6.45, 7) is 20.3. The Morgan fingerprint density at radius 2 is 0.717 bits per heavy atom. The lowest BCUT2D eigenvalue weighted by molar-refractivity contribution is 0.0354. The van der Waals surface area contributed by atoms with Crippen LogP contribution in [0.5, 0.6) is 0 Å². The lowest BCUT2D eigenvalue weighted by Crippen LogP contribution is -2.31. The Morgan fingerprint density at radius 3 is 1.15 bits per heavy atom. The SMILES string of the molecule is CCOCCOCCC1(CCOCCOCC)c2ccccc2-c2cc3c(cc21)-c1ccc(C)cc1C3(CCOCCOCC)CCOCCOCC. The van der Waals surface area contributed by atoms with Crippen molar-refractivity contribution < 1.29 is 37.9 Å². The first-order valence-electron chi connectivity index (χ1n) is 20.1. The number of benzene rings is 3. The highest BCUT2D eigenvalue weighted by atomic mass is 16.5. The molecule has 0 unspecified atom stereocenters. The Balaban J connectivity index is 1.57. The van der Waals surface area contributed by atoms with E-state index in [-0.39, 0.29) is 10.8 Å². The number of ether oxygens (including phenoxy) is 8. The molecule has 8 heteroatoms. The molecular formula is C45H64O8. The van der Waals surface area contributed by atoms with Crippen molar-refractivity contribution in [3.63, 3.8) is 0 Å². The second kappa shape index (κ2) is 21.4. The molecule has 3 aromatic rings. The molecule has 0 bridgehead atoms. The van der Waals surface area contributed by atoms with Crippen LogP contribution in [0.2, 0.25) is 0 Å². The Morgan fingerprint density at radius 1 is 0.358 bits per heavy atom. The van der Waals surface area contributed by atoms with Gasteiger partial charge in [0.25, 0.3) is 0 Å². The number of fused-ring (bicyclic) bond motifs is 6. The van der Waals surface area contributed by atoms with Crippen molar-refractivity contribution >= 4 is 0 Å². The Kier molecular flexibility index (Phi) is 16.8. The minimum absolute atomic E-state index is 0.265. The van der Waals surface area contributed by atoms with Crippen molar-refractivity contribution in [3.8, 4) is 22.3 Å². The van der Waals surface area contributed by atoms with Crippen LogP contribution >= 0.6 is 0 Å². The normalized spacial score (nSPS) is 14.7. The predicted octanol–water partition coefficient (Wildman–Crippen LogP) is 8.30. The van der Waals surface area contributed by atoms with E-state index in [2.05, 4.69) is 61.5 Å². The summed E-state index contributed by atoms with van der Waals surface area (Å²) in [4.78, 5) is 0. The molecule has 0 radical (unpaired) electrons. The van der Waals surface area contributed by atoms with Crippen molar-refractivity contribution in [3.05, 3.63) is 82.4 Å². The quantitative estimate of drug-likeness (QED) is 0.0691. The molecule has 3 aromatic carbocycles. The average Bonchev–Trinajstić information content (AvgIpc) is 3.59. The molecule has 0 N–H and O–H groups in total. The molecule has 0 saturated heterocycles. The van der Waals surface area contributed by atoms with Gasteiger partial charge in [0, 0.05) is 63.7 Å². The molecule has 0 atom stereocenters. The van der Waals surface area contributed by atoms with Crippen LogP contribution < -0.4 is 0 Å². The molecule has 5 rings (SSSR count). The third-order valence-electron chi connectivity index (χ3n) is 10.9. The maximum Gasteiger partial charge on any atom is 0.0700 e. The Bertz CT molecular complexity index is 1500. The molecular weight excluding hydrogens is 668 g/mol. The van der Waals surface area contributed by atoms with Crippen LogP contribution in [0.4, 0.5) is 0 Å². The monoisotopic (exact) mass is 732 g/mol. The van der Waals surface area contributed by atoms with Gasteiger partial charge in [0.1, 0.15) is 0 Å². The molecule has 0 aliphatic heterocycles. The zero-order valence-electron chi connectivity index (χ0n) is 33.1. The van der Waals surface area contributed by atoms with E-state index < -0.39 is 0 Å². The number of hydrogen-bond acceptors (Lipinski definition) is 8. The van der Waals surface area contributed by atoms with E-state index in [1.807, 2.05) is 27.7 Å². The van der Waals surface area contributed by atoms with Crippen molar-refractivity contribution in [2.75, 3.05) is 106 Å². The second-order valence-corrected chi connectivity index (χ2v) is 13.9. The van der Waals surface area contributed by atoms with Gasteiger partial charge in [-0.1, -0.05) is 48.0 Å². The third-order valence-corrected chi connectivity index (χ3v) is 10.9. The van der Waals surface area contributed by atoms with Gasteiger partial charge in [-0.2, -0.15) is 0 Å². The summed E-state index contributed by atoms with van der Waals surface area (Å²) in [7, 11) is 0. The van der Waals surface area contributed by atoms with Gasteiger partial charge < -0.3 is 37.9 Å². The molecule has 8 nitrogen and oxygen atoms in total. The van der Waals surface area contributed by atoms with E-state index in [0.29, 0.717) is 106 Å². The second-order valence-electron chi connectivity index (χ2n) is 13.9. The molecule has 0 heterocycles. The van der Waals surface area contributed by atoms with Crippen LogP contribution in [0, 0.1) is 6.92 Å². The summed E-state index contributed by atoms with van der Waals surface area (Å²) < 4.78 is 47.3. The average molecular weight is 733 g/mol. The fourth-order valence-electron chi connectivity index (χ4n) is 8.32. The van der Waals surface area contributed by atoms with Gasteiger partial charge in [-0.25, -0.2) is 0 Å². The van der Waals surface area contributed by atoms with Crippen LogP contribution in [-0.4, -0.2) is 106 Å². The molecule has 2 aliphatic carbocycles. The van der Waals surface area contributed by atoms with E-state index in [4.69, 9.17) is 37.9 Å². The predicted molar refractivity (Wildman–Crippen MR) is 211 cm³/mol. The molecule has 0 amide bonds. The van der Waals surface area contributed by atoms with Crippen molar-refractivity contribution in [2.45, 2.75) is 71.1 Å². The van der Waals surface area contributed by atoms with E-state index in [9.17, 15) is 0 Å². The summed E-state index contributed by atoms with van der Waals surface area (Å²) in [6.07, 6.45) is 3.41. The molecule has 0 aromatic heterocycles. The van der Waals surface area contributed by atoms with Crippen LogP contribution in [0.3, 0.4) is 0 Å². The van der Waals surface area contributed by atoms with Crippen LogP contribution in [0.25, 0.3) is 22.3 Å². The zero-order chi connectivity index (χ0) is 37.4. The first-order chi connectivity index (χ1) is 26.1. The van der Waals surface area contributed by atoms with Crippen LogP contribution in [-0.2, 0) is 48.7 Å². The van der Waals surface area contributed by atoms with Crippen molar-refractivity contribution in [1.29, 1.82) is 0 Å². The highest BCUT2D eigenvalue weighted by Gasteiger charge is 2.48. The van der Waals surface area contributed by atoms with E-state index in [1.54, 1.807) is 0 Å². The molecule has 53 heavy (non-hydrogen) atoms. The van der Waals surface area contributed by atoms with Crippen molar-refractivity contribution in [2.24, 2.45) is 0 Å². The van der Waals surface area contributed by atoms with Gasteiger partial charge in [-0.05, 0) is 117 Å². The largest absolute Gasteiger partial charge is 0.379 e. The number of aryl methyl sites for hydroxylation is 1. The zero-order valence-corrected chi connectivity index (χ0v) is 33.1. The topological polar surface area (TPSA) is 73.8 Å². The standard InChI is InChI=1S/C45H64O8/c1-6-46-24-28-50-20-16-44(17-21-51-29-25-47-7-2)40-13-11-10-12-36(40)38-33-43-39(34-42(38)44)37-15-14-35(5)32-41(37)45(43,18-22-52-30-26-48-8-3)19-23-53-31-27-49-9-4/h10-15,32-34H,6-9,16-31H2,1-5H3. The molecule has 0 fully saturated rings. The summed E-state index contributed by atoms with van der Waals surface area (Å²) in [5.41, 5.74) is 11.4. The fourth-order valence-corrected chi connectivity index (χ4v) is 8.32. The van der Waals surface area contributed by atoms with Gasteiger partial charge in [0.2, 0.25) is 0 Å². The maximum absolute atomic E-state index is 6.25.